The first-order chi connectivity index (χ1) is 14.9. The first-order valence-corrected chi connectivity index (χ1v) is 10.3. The Morgan fingerprint density at radius 3 is 2.45 bits per heavy atom. The Labute approximate surface area is 181 Å². The van der Waals surface area contributed by atoms with Crippen LogP contribution in [0.3, 0.4) is 0 Å². The molecule has 3 aromatic rings. The Morgan fingerprint density at radius 2 is 1.74 bits per heavy atom. The number of rotatable bonds is 8. The van der Waals surface area contributed by atoms with E-state index in [1.165, 1.54) is 0 Å². The molecular formula is C24H28N4O3. The first-order valence-electron chi connectivity index (χ1n) is 10.3. The number of aliphatic hydroxyl groups excluding tert-OH is 1. The normalized spacial score (nSPS) is 13.0. The number of nitrogens with zero attached hydrogens (tertiary/aromatic N) is 1. The maximum atomic E-state index is 13.2. The number of carbonyl (C=O) groups excluding carboxylic acids is 2. The molecule has 31 heavy (non-hydrogen) atoms. The number of benzene rings is 2. The number of aliphatic hydroxyl groups is 1. The van der Waals surface area contributed by atoms with Gasteiger partial charge in [-0.2, -0.15) is 0 Å². The number of amides is 2. The number of hydrogen-bond donors (Lipinski definition) is 4. The minimum Gasteiger partial charge on any atom is -0.384 e. The Morgan fingerprint density at radius 1 is 1.00 bits per heavy atom. The molecule has 162 valence electrons. The lowest BCUT2D eigenvalue weighted by molar-refractivity contribution is -0.131. The summed E-state index contributed by atoms with van der Waals surface area (Å²) in [7, 11) is 0. The summed E-state index contributed by atoms with van der Waals surface area (Å²) in [5.74, 6) is -1.16. The Bertz CT molecular complexity index is 1040. The third kappa shape index (κ3) is 5.58. The molecule has 0 spiro atoms. The third-order valence-corrected chi connectivity index (χ3v) is 5.21. The maximum Gasteiger partial charge on any atom is 0.249 e. The molecule has 2 atom stereocenters. The van der Waals surface area contributed by atoms with Crippen molar-refractivity contribution in [3.05, 3.63) is 71.9 Å². The number of fused-ring (bicyclic) bond motifs is 1. The number of nitrogens with two attached hydrogens (primary N) is 1. The van der Waals surface area contributed by atoms with Gasteiger partial charge in [-0.15, -0.1) is 0 Å². The van der Waals surface area contributed by atoms with Gasteiger partial charge in [-0.1, -0.05) is 62.4 Å². The second kappa shape index (κ2) is 10.0. The molecule has 0 radical (unpaired) electrons. The smallest absolute Gasteiger partial charge is 0.249 e. The summed E-state index contributed by atoms with van der Waals surface area (Å²) in [5, 5.41) is 17.6. The number of anilines is 1. The molecule has 7 heteroatoms. The van der Waals surface area contributed by atoms with E-state index in [9.17, 15) is 14.7 Å². The number of aromatic nitrogens is 1. The fraction of sp³-hybridized carbons (Fsp3) is 0.292. The Hall–Kier alpha value is -3.45. The van der Waals surface area contributed by atoms with Gasteiger partial charge in [-0.05, 0) is 33.9 Å². The molecule has 0 bridgehead atoms. The molecule has 5 N–H and O–H groups in total. The average Bonchev–Trinajstić information content (AvgIpc) is 2.78. The molecule has 0 aliphatic heterocycles. The van der Waals surface area contributed by atoms with E-state index in [-0.39, 0.29) is 24.9 Å². The lowest BCUT2D eigenvalue weighted by atomic mass is 9.92. The summed E-state index contributed by atoms with van der Waals surface area (Å²) in [6, 6.07) is 17.0. The molecule has 0 saturated heterocycles. The van der Waals surface area contributed by atoms with Gasteiger partial charge in [0.15, 0.2) is 0 Å². The van der Waals surface area contributed by atoms with E-state index in [0.717, 1.165) is 21.9 Å². The van der Waals surface area contributed by atoms with Crippen molar-refractivity contribution in [3.8, 4) is 0 Å². The molecule has 2 amide bonds. The maximum absolute atomic E-state index is 13.2. The topological polar surface area (TPSA) is 117 Å². The zero-order valence-electron chi connectivity index (χ0n) is 17.7. The van der Waals surface area contributed by atoms with E-state index < -0.39 is 17.9 Å². The summed E-state index contributed by atoms with van der Waals surface area (Å²) in [5.41, 5.74) is 7.24. The summed E-state index contributed by atoms with van der Waals surface area (Å²) in [6.45, 7) is 3.89. The quantitative estimate of drug-likeness (QED) is 0.446. The molecule has 0 fully saturated rings. The van der Waals surface area contributed by atoms with Crippen molar-refractivity contribution in [2.24, 2.45) is 5.92 Å². The molecule has 0 saturated carbocycles. The zero-order chi connectivity index (χ0) is 22.4. The van der Waals surface area contributed by atoms with Gasteiger partial charge < -0.3 is 21.5 Å². The van der Waals surface area contributed by atoms with Crippen LogP contribution >= 0.6 is 0 Å². The molecule has 7 nitrogen and oxygen atoms in total. The largest absolute Gasteiger partial charge is 0.384 e. The first kappa shape index (κ1) is 22.2. The van der Waals surface area contributed by atoms with Gasteiger partial charge in [0.05, 0.1) is 5.92 Å². The van der Waals surface area contributed by atoms with Gasteiger partial charge in [0.2, 0.25) is 11.8 Å². The lowest BCUT2D eigenvalue weighted by Crippen LogP contribution is -2.42. The van der Waals surface area contributed by atoms with Crippen molar-refractivity contribution in [1.29, 1.82) is 0 Å². The fourth-order valence-electron chi connectivity index (χ4n) is 3.36. The molecule has 1 heterocycles. The van der Waals surface area contributed by atoms with Gasteiger partial charge in [0.25, 0.3) is 0 Å². The minimum atomic E-state index is -1.13. The standard InChI is InChI=1S/C24H28N4O3/c1-15(2)22(29)24(31)28-14-20(19-9-5-7-17-6-3-4-8-18(17)19)23(30)27-13-16-10-11-21(25)26-12-16/h3-12,15,20,22,29H,13-14H2,1-2H3,(H2,25,26)(H,27,30)(H,28,31)/t20?,22-/m1/s1. The number of nitrogens with one attached hydrogen (secondary N) is 2. The van der Waals surface area contributed by atoms with E-state index in [4.69, 9.17) is 5.73 Å². The molecule has 0 aliphatic carbocycles. The fourth-order valence-corrected chi connectivity index (χ4v) is 3.36. The average molecular weight is 421 g/mol. The van der Waals surface area contributed by atoms with Gasteiger partial charge >= 0.3 is 0 Å². The van der Waals surface area contributed by atoms with Crippen LogP contribution in [-0.4, -0.2) is 34.6 Å². The van der Waals surface area contributed by atoms with Crippen LogP contribution in [0, 0.1) is 5.92 Å². The highest BCUT2D eigenvalue weighted by molar-refractivity contribution is 5.93. The van der Waals surface area contributed by atoms with Crippen molar-refractivity contribution in [2.45, 2.75) is 32.4 Å². The van der Waals surface area contributed by atoms with E-state index in [1.54, 1.807) is 32.2 Å². The third-order valence-electron chi connectivity index (χ3n) is 5.21. The van der Waals surface area contributed by atoms with E-state index in [2.05, 4.69) is 15.6 Å². The van der Waals surface area contributed by atoms with Crippen LogP contribution in [0.1, 0.15) is 30.9 Å². The van der Waals surface area contributed by atoms with Crippen molar-refractivity contribution in [1.82, 2.24) is 15.6 Å². The summed E-state index contributed by atoms with van der Waals surface area (Å²) in [6.07, 6.45) is 0.487. The van der Waals surface area contributed by atoms with Crippen molar-refractivity contribution in [2.75, 3.05) is 12.3 Å². The number of pyridine rings is 1. The van der Waals surface area contributed by atoms with Gasteiger partial charge in [-0.25, -0.2) is 4.98 Å². The summed E-state index contributed by atoms with van der Waals surface area (Å²) < 4.78 is 0. The van der Waals surface area contributed by atoms with Crippen molar-refractivity contribution in [3.63, 3.8) is 0 Å². The number of nitrogen functional groups attached to an aromatic ring is 1. The second-order valence-corrected chi connectivity index (χ2v) is 7.86. The van der Waals surface area contributed by atoms with Crippen molar-refractivity contribution < 1.29 is 14.7 Å². The molecule has 1 unspecified atom stereocenters. The molecule has 2 aromatic carbocycles. The highest BCUT2D eigenvalue weighted by Crippen LogP contribution is 2.26. The minimum absolute atomic E-state index is 0.0719. The van der Waals surface area contributed by atoms with Crippen LogP contribution in [0.15, 0.2) is 60.8 Å². The lowest BCUT2D eigenvalue weighted by Gasteiger charge is -2.21. The second-order valence-electron chi connectivity index (χ2n) is 7.86. The van der Waals surface area contributed by atoms with E-state index in [1.807, 2.05) is 42.5 Å². The monoisotopic (exact) mass is 420 g/mol. The Kier molecular flexibility index (Phi) is 7.20. The summed E-state index contributed by atoms with van der Waals surface area (Å²) in [4.78, 5) is 29.5. The highest BCUT2D eigenvalue weighted by Gasteiger charge is 2.25. The van der Waals surface area contributed by atoms with Crippen LogP contribution < -0.4 is 16.4 Å². The molecule has 1 aromatic heterocycles. The SMILES string of the molecule is CC(C)[C@@H](O)C(=O)NCC(C(=O)NCc1ccc(N)nc1)c1cccc2ccccc12. The highest BCUT2D eigenvalue weighted by atomic mass is 16.3. The van der Waals surface area contributed by atoms with Crippen LogP contribution in [0.25, 0.3) is 10.8 Å². The number of carbonyl (C=O) groups is 2. The predicted octanol–water partition coefficient (Wildman–Crippen LogP) is 2.35. The van der Waals surface area contributed by atoms with Gasteiger partial charge in [-0.3, -0.25) is 9.59 Å². The van der Waals surface area contributed by atoms with E-state index >= 15 is 0 Å². The van der Waals surface area contributed by atoms with Crippen LogP contribution in [0.4, 0.5) is 5.82 Å². The number of hydrogen-bond acceptors (Lipinski definition) is 5. The van der Waals surface area contributed by atoms with Crippen molar-refractivity contribution >= 4 is 28.4 Å². The summed E-state index contributed by atoms with van der Waals surface area (Å²) >= 11 is 0. The van der Waals surface area contributed by atoms with Crippen LogP contribution in [-0.2, 0) is 16.1 Å². The molecule has 3 rings (SSSR count). The van der Waals surface area contributed by atoms with Gasteiger partial charge in [0, 0.05) is 19.3 Å². The molecule has 0 aliphatic rings. The zero-order valence-corrected chi connectivity index (χ0v) is 17.7. The van der Waals surface area contributed by atoms with Crippen LogP contribution in [0.5, 0.6) is 0 Å². The van der Waals surface area contributed by atoms with E-state index in [0.29, 0.717) is 5.82 Å². The molecular weight excluding hydrogens is 392 g/mol. The van der Waals surface area contributed by atoms with Crippen LogP contribution in [0.2, 0.25) is 0 Å². The Balaban J connectivity index is 1.83. The van der Waals surface area contributed by atoms with Gasteiger partial charge in [0.1, 0.15) is 11.9 Å². The predicted molar refractivity (Wildman–Crippen MR) is 121 cm³/mol.